The van der Waals surface area contributed by atoms with Crippen LogP contribution in [-0.4, -0.2) is 19.5 Å². The predicted octanol–water partition coefficient (Wildman–Crippen LogP) is 13.3. The minimum absolute atomic E-state index is 0.562. The van der Waals surface area contributed by atoms with Crippen molar-refractivity contribution in [1.82, 2.24) is 19.5 Å². The molecule has 0 atom stereocenters. The summed E-state index contributed by atoms with van der Waals surface area (Å²) in [7, 11) is 0. The molecule has 0 aliphatic heterocycles. The van der Waals surface area contributed by atoms with Gasteiger partial charge in [-0.3, -0.25) is 4.57 Å². The van der Waals surface area contributed by atoms with E-state index >= 15 is 0 Å². The smallest absolute Gasteiger partial charge is 0.238 e. The van der Waals surface area contributed by atoms with Crippen molar-refractivity contribution in [2.24, 2.45) is 0 Å². The van der Waals surface area contributed by atoms with Crippen LogP contribution < -0.4 is 4.90 Å². The van der Waals surface area contributed by atoms with Crippen molar-refractivity contribution < 1.29 is 4.42 Å². The lowest BCUT2D eigenvalue weighted by Gasteiger charge is -2.25. The van der Waals surface area contributed by atoms with Gasteiger partial charge in [0.2, 0.25) is 5.95 Å². The Morgan fingerprint density at radius 1 is 0.404 bits per heavy atom. The topological polar surface area (TPSA) is 60.0 Å². The van der Waals surface area contributed by atoms with Crippen LogP contribution in [0.1, 0.15) is 0 Å². The van der Waals surface area contributed by atoms with E-state index in [1.54, 1.807) is 0 Å². The molecule has 0 radical (unpaired) electrons. The van der Waals surface area contributed by atoms with Gasteiger partial charge < -0.3 is 9.32 Å². The third-order valence-electron chi connectivity index (χ3n) is 10.7. The van der Waals surface area contributed by atoms with Gasteiger partial charge in [-0.15, -0.1) is 0 Å². The summed E-state index contributed by atoms with van der Waals surface area (Å²) in [6.07, 6.45) is 0. The maximum atomic E-state index is 6.55. The van der Waals surface area contributed by atoms with Crippen LogP contribution >= 0.6 is 0 Å². The highest BCUT2D eigenvalue weighted by atomic mass is 16.3. The Bertz CT molecular complexity index is 3170. The molecule has 0 spiro atoms. The summed E-state index contributed by atoms with van der Waals surface area (Å²) in [6, 6.07) is 69.1. The first-order valence-corrected chi connectivity index (χ1v) is 19.0. The van der Waals surface area contributed by atoms with E-state index in [9.17, 15) is 0 Å². The van der Waals surface area contributed by atoms with Crippen molar-refractivity contribution >= 4 is 60.8 Å². The first-order valence-electron chi connectivity index (χ1n) is 19.0. The molecule has 0 aliphatic rings. The standard InChI is InChI=1S/C51H33N5O/c1-4-16-35(17-5-1)49-52-50(36-18-6-2-7-19-36)54-51(53-49)56-44-27-12-10-22-40(44)42-25-14-24-39(47(42)56)34-30-32-38(33-31-34)55(37-20-8-3-9-21-37)45-28-15-26-43-41-23-11-13-29-46(41)57-48(43)45/h1-33H. The van der Waals surface area contributed by atoms with Crippen molar-refractivity contribution in [3.8, 4) is 39.9 Å². The second-order valence-electron chi connectivity index (χ2n) is 14.0. The third-order valence-corrected chi connectivity index (χ3v) is 10.7. The van der Waals surface area contributed by atoms with Gasteiger partial charge in [0, 0.05) is 49.6 Å². The second kappa shape index (κ2) is 13.5. The first kappa shape index (κ1) is 32.6. The number of benzene rings is 8. The fourth-order valence-corrected chi connectivity index (χ4v) is 8.06. The van der Waals surface area contributed by atoms with Gasteiger partial charge in [0.15, 0.2) is 17.2 Å². The largest absolute Gasteiger partial charge is 0.454 e. The number of hydrogen-bond donors (Lipinski definition) is 0. The number of nitrogens with zero attached hydrogens (tertiary/aromatic N) is 5. The molecule has 11 rings (SSSR count). The number of furan rings is 1. The minimum Gasteiger partial charge on any atom is -0.454 e. The summed E-state index contributed by atoms with van der Waals surface area (Å²) >= 11 is 0. The lowest BCUT2D eigenvalue weighted by molar-refractivity contribution is 0.669. The van der Waals surface area contributed by atoms with E-state index in [1.807, 2.05) is 78.9 Å². The first-order chi connectivity index (χ1) is 28.3. The molecule has 6 nitrogen and oxygen atoms in total. The number of hydrogen-bond acceptors (Lipinski definition) is 5. The maximum absolute atomic E-state index is 6.55. The average molecular weight is 732 g/mol. The molecule has 57 heavy (non-hydrogen) atoms. The van der Waals surface area contributed by atoms with Gasteiger partial charge in [0.1, 0.15) is 5.58 Å². The lowest BCUT2D eigenvalue weighted by atomic mass is 10.0. The number of anilines is 3. The normalized spacial score (nSPS) is 11.5. The molecule has 3 heterocycles. The van der Waals surface area contributed by atoms with Gasteiger partial charge in [-0.25, -0.2) is 4.98 Å². The fraction of sp³-hybridized carbons (Fsp3) is 0. The van der Waals surface area contributed by atoms with Crippen molar-refractivity contribution in [3.63, 3.8) is 0 Å². The van der Waals surface area contributed by atoms with Crippen molar-refractivity contribution in [2.75, 3.05) is 4.90 Å². The Morgan fingerprint density at radius 2 is 0.965 bits per heavy atom. The highest BCUT2D eigenvalue weighted by Gasteiger charge is 2.22. The third kappa shape index (κ3) is 5.54. The molecule has 8 aromatic carbocycles. The van der Waals surface area contributed by atoms with Crippen LogP contribution in [0, 0.1) is 0 Å². The molecule has 268 valence electrons. The van der Waals surface area contributed by atoms with Gasteiger partial charge in [-0.2, -0.15) is 9.97 Å². The molecule has 0 N–H and O–H groups in total. The molecule has 0 unspecified atom stereocenters. The van der Waals surface area contributed by atoms with E-state index in [4.69, 9.17) is 19.4 Å². The Kier molecular flexibility index (Phi) is 7.71. The number of para-hydroxylation sites is 5. The van der Waals surface area contributed by atoms with Crippen LogP contribution in [0.15, 0.2) is 205 Å². The fourth-order valence-electron chi connectivity index (χ4n) is 8.06. The molecular weight excluding hydrogens is 699 g/mol. The molecule has 0 bridgehead atoms. The van der Waals surface area contributed by atoms with Crippen LogP contribution in [0.2, 0.25) is 0 Å². The monoisotopic (exact) mass is 731 g/mol. The van der Waals surface area contributed by atoms with Crippen LogP contribution in [-0.2, 0) is 0 Å². The van der Waals surface area contributed by atoms with Crippen LogP contribution in [0.3, 0.4) is 0 Å². The quantitative estimate of drug-likeness (QED) is 0.163. The summed E-state index contributed by atoms with van der Waals surface area (Å²) in [6.45, 7) is 0. The van der Waals surface area contributed by atoms with E-state index < -0.39 is 0 Å². The Hall–Kier alpha value is -7.83. The molecule has 0 saturated heterocycles. The molecule has 11 aromatic rings. The Morgan fingerprint density at radius 3 is 1.68 bits per heavy atom. The van der Waals surface area contributed by atoms with E-state index in [0.717, 1.165) is 83.1 Å². The van der Waals surface area contributed by atoms with Crippen molar-refractivity contribution in [3.05, 3.63) is 200 Å². The van der Waals surface area contributed by atoms with E-state index in [2.05, 4.69) is 131 Å². The molecule has 0 fully saturated rings. The van der Waals surface area contributed by atoms with Crippen LogP contribution in [0.5, 0.6) is 0 Å². The average Bonchev–Trinajstić information content (AvgIpc) is 3.84. The van der Waals surface area contributed by atoms with Crippen molar-refractivity contribution in [1.29, 1.82) is 0 Å². The summed E-state index contributed by atoms with van der Waals surface area (Å²) in [5, 5.41) is 4.44. The van der Waals surface area contributed by atoms with Gasteiger partial charge in [-0.05, 0) is 48.0 Å². The summed E-state index contributed by atoms with van der Waals surface area (Å²) in [5.74, 6) is 1.80. The highest BCUT2D eigenvalue weighted by Crippen LogP contribution is 2.43. The zero-order chi connectivity index (χ0) is 37.7. The Balaban J connectivity index is 1.10. The number of aromatic nitrogens is 4. The highest BCUT2D eigenvalue weighted by molar-refractivity contribution is 6.14. The molecule has 6 heteroatoms. The minimum atomic E-state index is 0.562. The summed E-state index contributed by atoms with van der Waals surface area (Å²) < 4.78 is 8.75. The van der Waals surface area contributed by atoms with Gasteiger partial charge in [0.25, 0.3) is 0 Å². The molecule has 0 aliphatic carbocycles. The zero-order valence-electron chi connectivity index (χ0n) is 30.7. The lowest BCUT2D eigenvalue weighted by Crippen LogP contribution is -2.10. The van der Waals surface area contributed by atoms with Crippen LogP contribution in [0.25, 0.3) is 83.6 Å². The summed E-state index contributed by atoms with van der Waals surface area (Å²) in [4.78, 5) is 17.6. The SMILES string of the molecule is c1ccc(-c2nc(-c3ccccc3)nc(-n3c4ccccc4c4cccc(-c5ccc(N(c6ccccc6)c6cccc7c6oc6ccccc67)cc5)c43)n2)cc1. The van der Waals surface area contributed by atoms with Gasteiger partial charge in [-0.1, -0.05) is 158 Å². The van der Waals surface area contributed by atoms with E-state index in [-0.39, 0.29) is 0 Å². The van der Waals surface area contributed by atoms with Crippen molar-refractivity contribution in [2.45, 2.75) is 0 Å². The zero-order valence-corrected chi connectivity index (χ0v) is 30.7. The predicted molar refractivity (Wildman–Crippen MR) is 232 cm³/mol. The molecule has 3 aromatic heterocycles. The van der Waals surface area contributed by atoms with Gasteiger partial charge in [0.05, 0.1) is 16.7 Å². The molecule has 0 saturated carbocycles. The van der Waals surface area contributed by atoms with E-state index in [0.29, 0.717) is 17.6 Å². The maximum Gasteiger partial charge on any atom is 0.238 e. The molecule has 0 amide bonds. The van der Waals surface area contributed by atoms with Crippen LogP contribution in [0.4, 0.5) is 17.1 Å². The number of rotatable bonds is 7. The second-order valence-corrected chi connectivity index (χ2v) is 14.0. The summed E-state index contributed by atoms with van der Waals surface area (Å²) in [5.41, 5.74) is 10.8. The van der Waals surface area contributed by atoms with Gasteiger partial charge >= 0.3 is 0 Å². The number of fused-ring (bicyclic) bond motifs is 6. The van der Waals surface area contributed by atoms with E-state index in [1.165, 1.54) is 0 Å². The molecular formula is C51H33N5O. The Labute approximate surface area is 328 Å².